The summed E-state index contributed by atoms with van der Waals surface area (Å²) in [7, 11) is -3.77. The van der Waals surface area contributed by atoms with E-state index < -0.39 is 25.4 Å². The van der Waals surface area contributed by atoms with Gasteiger partial charge in [-0.05, 0) is 12.8 Å². The molecule has 0 bridgehead atoms. The predicted molar refractivity (Wildman–Crippen MR) is 60.3 cm³/mol. The molecule has 1 rings (SSSR count). The number of nitrogens with two attached hydrogens (primary N) is 2. The summed E-state index contributed by atoms with van der Waals surface area (Å²) >= 11 is -1.52. The molecule has 1 fully saturated rings. The third-order valence-corrected chi connectivity index (χ3v) is 3.96. The van der Waals surface area contributed by atoms with Crippen molar-refractivity contribution in [3.63, 3.8) is 0 Å². The summed E-state index contributed by atoms with van der Waals surface area (Å²) in [5.41, 5.74) is 5.63. The Hall–Kier alpha value is 0.518. The number of rotatable bonds is 1. The molecule has 5 N–H and O–H groups in total. The average molecular weight is 423 g/mol. The minimum atomic E-state index is -3.77. The van der Waals surface area contributed by atoms with E-state index in [4.69, 9.17) is 10.3 Å². The van der Waals surface area contributed by atoms with Crippen molar-refractivity contribution in [3.8, 4) is 0 Å². The van der Waals surface area contributed by atoms with Crippen molar-refractivity contribution in [3.05, 3.63) is 0 Å². The first-order chi connectivity index (χ1) is 5.95. The van der Waals surface area contributed by atoms with Crippen LogP contribution in [0.15, 0.2) is 0 Å². The Kier molecular flexibility index (Phi) is 15.3. The standard InChI is InChI=1S/C6H13N.2CH4.H2N.HO3S.Pt/c7-6-4-2-1-3-5-6;;;;1-4(2)3;/h6H,1-5,7H2;2*1H4;1H2;(H,1,2,3);/q;;;-1;;+1. The van der Waals surface area contributed by atoms with Gasteiger partial charge in [0.1, 0.15) is 0 Å². The van der Waals surface area contributed by atoms with E-state index in [1.165, 1.54) is 32.1 Å². The topological polar surface area (TPSA) is 106 Å². The second-order valence-electron chi connectivity index (χ2n) is 2.85. The normalized spacial score (nSPS) is 16.7. The summed E-state index contributed by atoms with van der Waals surface area (Å²) in [4.78, 5) is 0. The van der Waals surface area contributed by atoms with Crippen LogP contribution in [-0.4, -0.2) is 19.0 Å². The van der Waals surface area contributed by atoms with E-state index in [9.17, 15) is 8.42 Å². The molecule has 1 aliphatic carbocycles. The molecule has 7 heteroatoms. The van der Waals surface area contributed by atoms with Gasteiger partial charge in [0, 0.05) is 6.04 Å². The van der Waals surface area contributed by atoms with Gasteiger partial charge in [0.15, 0.2) is 0 Å². The quantitative estimate of drug-likeness (QED) is 0.551. The molecule has 0 heterocycles. The van der Waals surface area contributed by atoms with Crippen molar-refractivity contribution in [2.45, 2.75) is 53.0 Å². The summed E-state index contributed by atoms with van der Waals surface area (Å²) in [5.74, 6) is 0. The van der Waals surface area contributed by atoms with E-state index in [0.29, 0.717) is 6.04 Å². The Morgan fingerprint density at radius 1 is 1.13 bits per heavy atom. The minimum absolute atomic E-state index is 0. The molecule has 0 aromatic carbocycles. The molecule has 0 amide bonds. The van der Waals surface area contributed by atoms with Crippen molar-refractivity contribution in [1.82, 2.24) is 0 Å². The molecular weight excluding hydrogens is 399 g/mol. The van der Waals surface area contributed by atoms with Gasteiger partial charge in [0.25, 0.3) is 0 Å². The first-order valence-corrected chi connectivity index (χ1v) is 9.36. The molecular formula is C8H24N2O3PtS. The molecule has 1 aliphatic rings. The zero-order valence-electron chi connectivity index (χ0n) is 7.26. The summed E-state index contributed by atoms with van der Waals surface area (Å²) in [5, 5.41) is 0. The fraction of sp³-hybridized carbons (Fsp3) is 1.00. The third kappa shape index (κ3) is 17.1. The first kappa shape index (κ1) is 20.9. The van der Waals surface area contributed by atoms with Crippen LogP contribution in [0.25, 0.3) is 0 Å². The summed E-state index contributed by atoms with van der Waals surface area (Å²) in [6.07, 6.45) is 6.66. The average Bonchev–Trinajstić information content (AvgIpc) is 2.06. The molecule has 0 aromatic rings. The molecule has 0 aromatic heterocycles. The molecule has 0 spiro atoms. The van der Waals surface area contributed by atoms with Gasteiger partial charge in [-0.1, -0.05) is 34.1 Å². The van der Waals surface area contributed by atoms with Gasteiger partial charge in [-0.3, -0.25) is 0 Å². The summed E-state index contributed by atoms with van der Waals surface area (Å²) in [6.45, 7) is 0. The van der Waals surface area contributed by atoms with Crippen LogP contribution in [0.4, 0.5) is 0 Å². The molecule has 0 unspecified atom stereocenters. The molecule has 0 saturated heterocycles. The van der Waals surface area contributed by atoms with Gasteiger partial charge in [-0.25, -0.2) is 0 Å². The fourth-order valence-corrected chi connectivity index (χ4v) is 1.13. The van der Waals surface area contributed by atoms with Gasteiger partial charge in [0.05, 0.1) is 0 Å². The third-order valence-electron chi connectivity index (χ3n) is 1.74. The monoisotopic (exact) mass is 423 g/mol. The van der Waals surface area contributed by atoms with Gasteiger partial charge in [-0.15, -0.1) is 0 Å². The van der Waals surface area contributed by atoms with Crippen LogP contribution < -0.4 is 10.0 Å². The zero-order chi connectivity index (χ0) is 10.3. The van der Waals surface area contributed by atoms with Crippen LogP contribution in [0, 0.1) is 0 Å². The summed E-state index contributed by atoms with van der Waals surface area (Å²) < 4.78 is 31.3. The van der Waals surface area contributed by atoms with Gasteiger partial charge in [-0.2, -0.15) is 0 Å². The second-order valence-corrected chi connectivity index (χ2v) is 8.89. The maximum atomic E-state index is 9.48. The zero-order valence-corrected chi connectivity index (χ0v) is 10.3. The van der Waals surface area contributed by atoms with E-state index in [-0.39, 0.29) is 14.9 Å². The molecule has 0 aliphatic heterocycles. The van der Waals surface area contributed by atoms with E-state index in [2.05, 4.69) is 4.29 Å². The van der Waals surface area contributed by atoms with Crippen molar-refractivity contribution < 1.29 is 30.5 Å². The van der Waals surface area contributed by atoms with Crippen molar-refractivity contribution in [2.24, 2.45) is 10.0 Å². The molecule has 0 radical (unpaired) electrons. The Labute approximate surface area is 101 Å². The Morgan fingerprint density at radius 3 is 1.60 bits per heavy atom. The van der Waals surface area contributed by atoms with Crippen LogP contribution in [0.5, 0.6) is 0 Å². The van der Waals surface area contributed by atoms with Crippen LogP contribution in [-0.2, 0) is 25.4 Å². The predicted octanol–water partition coefficient (Wildman–Crippen LogP) is 1.30. The van der Waals surface area contributed by atoms with E-state index >= 15 is 0 Å². The van der Waals surface area contributed by atoms with Gasteiger partial charge < -0.3 is 5.73 Å². The summed E-state index contributed by atoms with van der Waals surface area (Å²) in [6, 6.07) is 0.536. The van der Waals surface area contributed by atoms with Crippen LogP contribution >= 0.6 is 0 Å². The van der Waals surface area contributed by atoms with Gasteiger partial charge >= 0.3 is 42.6 Å². The Morgan fingerprint density at radius 2 is 1.47 bits per heavy atom. The number of hydrogen-bond donors (Lipinski definition) is 3. The van der Waals surface area contributed by atoms with Crippen LogP contribution in [0.2, 0.25) is 0 Å². The molecule has 1 saturated carbocycles. The van der Waals surface area contributed by atoms with Crippen LogP contribution in [0.3, 0.4) is 0 Å². The Balaban J connectivity index is -0.000000172. The molecule has 5 nitrogen and oxygen atoms in total. The van der Waals surface area contributed by atoms with Crippen LogP contribution in [0.1, 0.15) is 47.0 Å². The van der Waals surface area contributed by atoms with Crippen molar-refractivity contribution >= 4 is 7.82 Å². The SMILES string of the molecule is C.C.NC1CCCCC1.[NH2][Pt][S](=O)(=O)O. The van der Waals surface area contributed by atoms with E-state index in [1.54, 1.807) is 0 Å². The van der Waals surface area contributed by atoms with E-state index in [0.717, 1.165) is 0 Å². The van der Waals surface area contributed by atoms with Gasteiger partial charge in [0.2, 0.25) is 0 Å². The van der Waals surface area contributed by atoms with Crippen molar-refractivity contribution in [1.29, 1.82) is 0 Å². The van der Waals surface area contributed by atoms with E-state index in [1.807, 2.05) is 0 Å². The Bertz CT molecular complexity index is 216. The molecule has 15 heavy (non-hydrogen) atoms. The molecule has 0 atom stereocenters. The van der Waals surface area contributed by atoms with Crippen molar-refractivity contribution in [2.75, 3.05) is 0 Å². The second kappa shape index (κ2) is 11.0. The fourth-order valence-electron chi connectivity index (χ4n) is 1.13. The maximum absolute atomic E-state index is 9.48. The first-order valence-electron chi connectivity index (χ1n) is 3.98. The molecule has 100 valence electrons. The number of hydrogen-bond acceptors (Lipinski definition) is 4.